The highest BCUT2D eigenvalue weighted by Gasteiger charge is 1.96. The number of rotatable bonds is 8. The molecule has 0 aliphatic heterocycles. The first kappa shape index (κ1) is 15.6. The maximum atomic E-state index is 5.67. The quantitative estimate of drug-likeness (QED) is 0.456. The smallest absolute Gasteiger partial charge is 0.0716 e. The molecule has 0 spiro atoms. The average molecular weight is 351 g/mol. The molecular weight excluding hydrogens is 332 g/mol. The van der Waals surface area contributed by atoms with Crippen molar-refractivity contribution in [2.75, 3.05) is 12.4 Å². The van der Waals surface area contributed by atoms with Gasteiger partial charge in [-0.15, -0.1) is 11.8 Å². The lowest BCUT2D eigenvalue weighted by atomic mass is 10.2. The summed E-state index contributed by atoms with van der Waals surface area (Å²) in [5, 5.41) is 0. The summed E-state index contributed by atoms with van der Waals surface area (Å²) in [6.45, 7) is 1.56. The van der Waals surface area contributed by atoms with Crippen LogP contribution in [0.4, 0.5) is 0 Å². The van der Waals surface area contributed by atoms with Crippen molar-refractivity contribution in [1.29, 1.82) is 0 Å². The molecule has 0 aliphatic carbocycles. The number of ether oxygens (including phenoxy) is 1. The van der Waals surface area contributed by atoms with Crippen LogP contribution in [-0.4, -0.2) is 12.4 Å². The second-order valence-corrected chi connectivity index (χ2v) is 6.64. The second-order valence-electron chi connectivity index (χ2n) is 4.55. The minimum absolute atomic E-state index is 0.722. The van der Waals surface area contributed by atoms with Crippen LogP contribution >= 0.6 is 27.7 Å². The van der Waals surface area contributed by atoms with Crippen LogP contribution in [0.1, 0.15) is 18.4 Å². The molecule has 0 bridgehead atoms. The summed E-state index contributed by atoms with van der Waals surface area (Å²) >= 11 is 5.40. The molecule has 0 aromatic heterocycles. The van der Waals surface area contributed by atoms with E-state index in [0.717, 1.165) is 29.9 Å². The molecule has 20 heavy (non-hydrogen) atoms. The van der Waals surface area contributed by atoms with Crippen LogP contribution in [-0.2, 0) is 11.3 Å². The van der Waals surface area contributed by atoms with Crippen molar-refractivity contribution in [2.45, 2.75) is 24.3 Å². The maximum absolute atomic E-state index is 5.67. The van der Waals surface area contributed by atoms with Crippen molar-refractivity contribution in [3.05, 3.63) is 64.6 Å². The predicted molar refractivity (Wildman–Crippen MR) is 90.2 cm³/mol. The number of hydrogen-bond acceptors (Lipinski definition) is 2. The van der Waals surface area contributed by atoms with E-state index in [0.29, 0.717) is 0 Å². The Balaban J connectivity index is 1.52. The fraction of sp³-hybridized carbons (Fsp3) is 0.294. The molecule has 0 heterocycles. The predicted octanol–water partition coefficient (Wildman–Crippen LogP) is 5.54. The Labute approximate surface area is 133 Å². The Morgan fingerprint density at radius 1 is 0.950 bits per heavy atom. The summed E-state index contributed by atoms with van der Waals surface area (Å²) < 4.78 is 6.82. The molecule has 0 unspecified atom stereocenters. The van der Waals surface area contributed by atoms with Gasteiger partial charge in [-0.25, -0.2) is 0 Å². The van der Waals surface area contributed by atoms with Gasteiger partial charge in [0.05, 0.1) is 6.61 Å². The largest absolute Gasteiger partial charge is 0.377 e. The summed E-state index contributed by atoms with van der Waals surface area (Å²) in [7, 11) is 0. The molecule has 0 aliphatic rings. The minimum Gasteiger partial charge on any atom is -0.377 e. The molecule has 0 saturated carbocycles. The molecule has 0 fully saturated rings. The Morgan fingerprint density at radius 3 is 2.60 bits per heavy atom. The van der Waals surface area contributed by atoms with Gasteiger partial charge in [0.25, 0.3) is 0 Å². The first-order valence-corrected chi connectivity index (χ1v) is 8.62. The number of halogens is 1. The van der Waals surface area contributed by atoms with Crippen molar-refractivity contribution in [3.8, 4) is 0 Å². The summed E-state index contributed by atoms with van der Waals surface area (Å²) in [6.07, 6.45) is 2.31. The van der Waals surface area contributed by atoms with E-state index >= 15 is 0 Å². The van der Waals surface area contributed by atoms with Gasteiger partial charge in [-0.05, 0) is 42.4 Å². The van der Waals surface area contributed by atoms with Gasteiger partial charge in [0, 0.05) is 16.0 Å². The molecular formula is C17H19BrOS. The van der Waals surface area contributed by atoms with Crippen molar-refractivity contribution in [2.24, 2.45) is 0 Å². The van der Waals surface area contributed by atoms with Crippen LogP contribution < -0.4 is 0 Å². The van der Waals surface area contributed by atoms with Crippen LogP contribution in [0.3, 0.4) is 0 Å². The molecule has 1 nitrogen and oxygen atoms in total. The highest BCUT2D eigenvalue weighted by atomic mass is 79.9. The Kier molecular flexibility index (Phi) is 7.20. The zero-order chi connectivity index (χ0) is 14.0. The third-order valence-corrected chi connectivity index (χ3v) is 4.43. The van der Waals surface area contributed by atoms with Crippen molar-refractivity contribution in [3.63, 3.8) is 0 Å². The lowest BCUT2D eigenvalue weighted by molar-refractivity contribution is 0.118. The summed E-state index contributed by atoms with van der Waals surface area (Å²) in [6, 6.07) is 18.8. The SMILES string of the molecule is Brc1cccc(SCCCCOCc2ccccc2)c1. The highest BCUT2D eigenvalue weighted by Crippen LogP contribution is 2.22. The second kappa shape index (κ2) is 9.22. The average Bonchev–Trinajstić information content (AvgIpc) is 2.47. The van der Waals surface area contributed by atoms with Crippen LogP contribution in [0, 0.1) is 0 Å². The standard InChI is InChI=1S/C17H19BrOS/c18-16-9-6-10-17(13-16)20-12-5-4-11-19-14-15-7-2-1-3-8-15/h1-3,6-10,13H,4-5,11-12,14H2. The van der Waals surface area contributed by atoms with E-state index < -0.39 is 0 Å². The monoisotopic (exact) mass is 350 g/mol. The molecule has 2 aromatic carbocycles. The molecule has 106 valence electrons. The third-order valence-electron chi connectivity index (χ3n) is 2.86. The number of unbranched alkanes of at least 4 members (excludes halogenated alkanes) is 1. The van der Waals surface area contributed by atoms with Gasteiger partial charge in [0.15, 0.2) is 0 Å². The normalized spacial score (nSPS) is 10.7. The Bertz CT molecular complexity index is 501. The summed E-state index contributed by atoms with van der Waals surface area (Å²) in [4.78, 5) is 1.32. The minimum atomic E-state index is 0.722. The van der Waals surface area contributed by atoms with Crippen molar-refractivity contribution in [1.82, 2.24) is 0 Å². The molecule has 0 saturated heterocycles. The van der Waals surface area contributed by atoms with Gasteiger partial charge in [-0.1, -0.05) is 52.3 Å². The Hall–Kier alpha value is -0.770. The zero-order valence-corrected chi connectivity index (χ0v) is 13.8. The molecule has 0 atom stereocenters. The maximum Gasteiger partial charge on any atom is 0.0716 e. The van der Waals surface area contributed by atoms with Gasteiger partial charge >= 0.3 is 0 Å². The zero-order valence-electron chi connectivity index (χ0n) is 11.4. The highest BCUT2D eigenvalue weighted by molar-refractivity contribution is 9.10. The van der Waals surface area contributed by atoms with E-state index in [1.165, 1.54) is 16.9 Å². The molecule has 2 aromatic rings. The van der Waals surface area contributed by atoms with Gasteiger partial charge in [-0.3, -0.25) is 0 Å². The fourth-order valence-electron chi connectivity index (χ4n) is 1.82. The van der Waals surface area contributed by atoms with E-state index in [2.05, 4.69) is 52.3 Å². The molecule has 0 amide bonds. The first-order chi connectivity index (χ1) is 9.84. The van der Waals surface area contributed by atoms with Gasteiger partial charge in [-0.2, -0.15) is 0 Å². The van der Waals surface area contributed by atoms with Gasteiger partial charge in [0.1, 0.15) is 0 Å². The summed E-state index contributed by atoms with van der Waals surface area (Å²) in [5.41, 5.74) is 1.25. The molecule has 0 radical (unpaired) electrons. The Morgan fingerprint density at radius 2 is 1.80 bits per heavy atom. The van der Waals surface area contributed by atoms with E-state index in [9.17, 15) is 0 Å². The van der Waals surface area contributed by atoms with E-state index in [1.54, 1.807) is 0 Å². The van der Waals surface area contributed by atoms with Crippen molar-refractivity contribution >= 4 is 27.7 Å². The third kappa shape index (κ3) is 6.12. The van der Waals surface area contributed by atoms with E-state index in [1.807, 2.05) is 30.0 Å². The lowest BCUT2D eigenvalue weighted by Crippen LogP contribution is -1.96. The van der Waals surface area contributed by atoms with Crippen LogP contribution in [0.2, 0.25) is 0 Å². The van der Waals surface area contributed by atoms with Crippen molar-refractivity contribution < 1.29 is 4.74 Å². The first-order valence-electron chi connectivity index (χ1n) is 6.84. The summed E-state index contributed by atoms with van der Waals surface area (Å²) in [5.74, 6) is 1.14. The van der Waals surface area contributed by atoms with Gasteiger partial charge in [0.2, 0.25) is 0 Å². The molecule has 0 N–H and O–H groups in total. The van der Waals surface area contributed by atoms with Crippen LogP contribution in [0.5, 0.6) is 0 Å². The number of hydrogen-bond donors (Lipinski definition) is 0. The molecule has 2 rings (SSSR count). The van der Waals surface area contributed by atoms with E-state index in [-0.39, 0.29) is 0 Å². The number of thioether (sulfide) groups is 1. The fourth-order valence-corrected chi connectivity index (χ4v) is 3.34. The number of benzene rings is 2. The topological polar surface area (TPSA) is 9.23 Å². The van der Waals surface area contributed by atoms with Crippen LogP contribution in [0.25, 0.3) is 0 Å². The van der Waals surface area contributed by atoms with Gasteiger partial charge < -0.3 is 4.74 Å². The lowest BCUT2D eigenvalue weighted by Gasteiger charge is -2.05. The molecule has 3 heteroatoms. The van der Waals surface area contributed by atoms with E-state index in [4.69, 9.17) is 4.74 Å². The van der Waals surface area contributed by atoms with Crippen LogP contribution in [0.15, 0.2) is 64.0 Å².